The summed E-state index contributed by atoms with van der Waals surface area (Å²) in [5.41, 5.74) is 4.75. The summed E-state index contributed by atoms with van der Waals surface area (Å²) in [7, 11) is 3.66. The second kappa shape index (κ2) is 6.41. The molecule has 0 spiro atoms. The number of rotatable bonds is 5. The number of hydrogen-bond donors (Lipinski definition) is 1. The zero-order chi connectivity index (χ0) is 14.7. The maximum absolute atomic E-state index is 5.25. The van der Waals surface area contributed by atoms with E-state index in [1.165, 1.54) is 16.8 Å². The van der Waals surface area contributed by atoms with Crippen LogP contribution in [0.1, 0.15) is 22.5 Å². The molecule has 2 rings (SSSR count). The third-order valence-electron chi connectivity index (χ3n) is 3.53. The average Bonchev–Trinajstić information content (AvgIpc) is 2.67. The summed E-state index contributed by atoms with van der Waals surface area (Å²) in [5, 5.41) is 7.89. The summed E-state index contributed by atoms with van der Waals surface area (Å²) in [4.78, 5) is 0. The van der Waals surface area contributed by atoms with E-state index >= 15 is 0 Å². The number of nitrogens with zero attached hydrogens (tertiary/aromatic N) is 2. The summed E-state index contributed by atoms with van der Waals surface area (Å²) >= 11 is 3.57. The largest absolute Gasteiger partial charge is 0.497 e. The van der Waals surface area contributed by atoms with Crippen molar-refractivity contribution in [3.05, 3.63) is 45.2 Å². The Hall–Kier alpha value is -1.33. The molecule has 0 fully saturated rings. The van der Waals surface area contributed by atoms with Crippen LogP contribution in [0.4, 0.5) is 0 Å². The topological polar surface area (TPSA) is 39.1 Å². The molecule has 20 heavy (non-hydrogen) atoms. The fraction of sp³-hybridized carbons (Fsp3) is 0.400. The van der Waals surface area contributed by atoms with E-state index in [2.05, 4.69) is 33.3 Å². The summed E-state index contributed by atoms with van der Waals surface area (Å²) in [6, 6.07) is 6.00. The number of ether oxygens (including phenoxy) is 1. The molecule has 0 bridgehead atoms. The van der Waals surface area contributed by atoms with Crippen molar-refractivity contribution in [2.24, 2.45) is 7.05 Å². The smallest absolute Gasteiger partial charge is 0.119 e. The van der Waals surface area contributed by atoms with Crippen LogP contribution in [-0.4, -0.2) is 16.9 Å². The maximum Gasteiger partial charge on any atom is 0.119 e. The van der Waals surface area contributed by atoms with E-state index in [1.54, 1.807) is 7.11 Å². The quantitative estimate of drug-likeness (QED) is 0.911. The molecule has 0 amide bonds. The summed E-state index contributed by atoms with van der Waals surface area (Å²) in [5.74, 6) is 0.874. The molecular weight excluding hydrogens is 318 g/mol. The first-order valence-corrected chi connectivity index (χ1v) is 7.34. The van der Waals surface area contributed by atoms with Gasteiger partial charge in [-0.05, 0) is 37.6 Å². The monoisotopic (exact) mass is 337 g/mol. The van der Waals surface area contributed by atoms with Gasteiger partial charge < -0.3 is 10.1 Å². The molecule has 0 atom stereocenters. The molecule has 0 aliphatic rings. The standard InChI is InChI=1S/C15H20BrN3O/c1-10-14(11(2)19(3)18-10)9-17-8-12-7-13(20-4)5-6-15(12)16/h5-7,17H,8-9H2,1-4H3. The number of aryl methyl sites for hydroxylation is 2. The van der Waals surface area contributed by atoms with E-state index in [9.17, 15) is 0 Å². The van der Waals surface area contributed by atoms with Gasteiger partial charge in [0.25, 0.3) is 0 Å². The summed E-state index contributed by atoms with van der Waals surface area (Å²) in [6.45, 7) is 5.74. The first-order valence-electron chi connectivity index (χ1n) is 6.55. The fourth-order valence-electron chi connectivity index (χ4n) is 2.21. The molecule has 1 aromatic heterocycles. The molecule has 4 nitrogen and oxygen atoms in total. The number of methoxy groups -OCH3 is 1. The third kappa shape index (κ3) is 3.22. The number of aromatic nitrogens is 2. The van der Waals surface area contributed by atoms with Crippen LogP contribution < -0.4 is 10.1 Å². The Kier molecular flexibility index (Phi) is 4.83. The van der Waals surface area contributed by atoms with E-state index in [1.807, 2.05) is 36.9 Å². The van der Waals surface area contributed by atoms with E-state index in [-0.39, 0.29) is 0 Å². The second-order valence-corrected chi connectivity index (χ2v) is 5.69. The van der Waals surface area contributed by atoms with Gasteiger partial charge >= 0.3 is 0 Å². The molecule has 0 aliphatic carbocycles. The Balaban J connectivity index is 2.02. The highest BCUT2D eigenvalue weighted by atomic mass is 79.9. The van der Waals surface area contributed by atoms with Crippen LogP contribution in [0.25, 0.3) is 0 Å². The van der Waals surface area contributed by atoms with E-state index in [0.29, 0.717) is 0 Å². The van der Waals surface area contributed by atoms with Crippen molar-refractivity contribution < 1.29 is 4.74 Å². The van der Waals surface area contributed by atoms with Gasteiger partial charge in [-0.25, -0.2) is 0 Å². The van der Waals surface area contributed by atoms with Gasteiger partial charge in [0.1, 0.15) is 5.75 Å². The van der Waals surface area contributed by atoms with E-state index in [4.69, 9.17) is 4.74 Å². The average molecular weight is 338 g/mol. The maximum atomic E-state index is 5.25. The normalized spacial score (nSPS) is 10.8. The Morgan fingerprint density at radius 2 is 2.05 bits per heavy atom. The van der Waals surface area contributed by atoms with E-state index < -0.39 is 0 Å². The van der Waals surface area contributed by atoms with Crippen LogP contribution in [0.5, 0.6) is 5.75 Å². The molecule has 0 saturated carbocycles. The predicted octanol–water partition coefficient (Wildman–Crippen LogP) is 3.10. The van der Waals surface area contributed by atoms with Gasteiger partial charge in [0.2, 0.25) is 0 Å². The van der Waals surface area contributed by atoms with Crippen molar-refractivity contribution in [1.29, 1.82) is 0 Å². The number of benzene rings is 1. The lowest BCUT2D eigenvalue weighted by molar-refractivity contribution is 0.414. The molecule has 0 aliphatic heterocycles. The van der Waals surface area contributed by atoms with Crippen molar-refractivity contribution in [1.82, 2.24) is 15.1 Å². The third-order valence-corrected chi connectivity index (χ3v) is 4.30. The first kappa shape index (κ1) is 15.1. The predicted molar refractivity (Wildman–Crippen MR) is 83.9 cm³/mol. The highest BCUT2D eigenvalue weighted by molar-refractivity contribution is 9.10. The number of nitrogens with one attached hydrogen (secondary N) is 1. The van der Waals surface area contributed by atoms with Crippen LogP contribution >= 0.6 is 15.9 Å². The SMILES string of the molecule is COc1ccc(Br)c(CNCc2c(C)nn(C)c2C)c1. The second-order valence-electron chi connectivity index (χ2n) is 4.83. The van der Waals surface area contributed by atoms with Crippen LogP contribution in [-0.2, 0) is 20.1 Å². The lowest BCUT2D eigenvalue weighted by atomic mass is 10.2. The molecule has 5 heteroatoms. The van der Waals surface area contributed by atoms with E-state index in [0.717, 1.165) is 29.0 Å². The minimum absolute atomic E-state index is 0.783. The van der Waals surface area contributed by atoms with Gasteiger partial charge in [0, 0.05) is 35.9 Å². The number of hydrogen-bond acceptors (Lipinski definition) is 3. The Morgan fingerprint density at radius 1 is 1.30 bits per heavy atom. The lowest BCUT2D eigenvalue weighted by Crippen LogP contribution is -2.14. The highest BCUT2D eigenvalue weighted by Crippen LogP contribution is 2.22. The van der Waals surface area contributed by atoms with Crippen LogP contribution in [0.3, 0.4) is 0 Å². The van der Waals surface area contributed by atoms with Crippen molar-refractivity contribution in [3.8, 4) is 5.75 Å². The van der Waals surface area contributed by atoms with Crippen molar-refractivity contribution >= 4 is 15.9 Å². The van der Waals surface area contributed by atoms with Gasteiger partial charge in [0.05, 0.1) is 12.8 Å². The van der Waals surface area contributed by atoms with Gasteiger partial charge in [-0.3, -0.25) is 4.68 Å². The lowest BCUT2D eigenvalue weighted by Gasteiger charge is -2.09. The highest BCUT2D eigenvalue weighted by Gasteiger charge is 2.09. The zero-order valence-corrected chi connectivity index (χ0v) is 13.9. The Bertz CT molecular complexity index is 607. The molecule has 2 aromatic rings. The first-order chi connectivity index (χ1) is 9.52. The molecule has 1 N–H and O–H groups in total. The van der Waals surface area contributed by atoms with Gasteiger partial charge in [-0.15, -0.1) is 0 Å². The minimum atomic E-state index is 0.783. The molecule has 108 valence electrons. The van der Waals surface area contributed by atoms with Crippen LogP contribution in [0, 0.1) is 13.8 Å². The van der Waals surface area contributed by atoms with Crippen LogP contribution in [0.15, 0.2) is 22.7 Å². The molecular formula is C15H20BrN3O. The van der Waals surface area contributed by atoms with Crippen LogP contribution in [0.2, 0.25) is 0 Å². The number of halogens is 1. The van der Waals surface area contributed by atoms with Gasteiger partial charge in [-0.2, -0.15) is 5.10 Å². The minimum Gasteiger partial charge on any atom is -0.497 e. The fourth-order valence-corrected chi connectivity index (χ4v) is 2.60. The molecule has 1 aromatic carbocycles. The van der Waals surface area contributed by atoms with Crippen molar-refractivity contribution in [2.45, 2.75) is 26.9 Å². The van der Waals surface area contributed by atoms with Gasteiger partial charge in [-0.1, -0.05) is 15.9 Å². The molecule has 0 unspecified atom stereocenters. The Labute approximate surface area is 128 Å². The molecule has 1 heterocycles. The van der Waals surface area contributed by atoms with Gasteiger partial charge in [0.15, 0.2) is 0 Å². The zero-order valence-electron chi connectivity index (χ0n) is 12.3. The molecule has 0 saturated heterocycles. The summed E-state index contributed by atoms with van der Waals surface area (Å²) in [6.07, 6.45) is 0. The molecule has 0 radical (unpaired) electrons. The summed E-state index contributed by atoms with van der Waals surface area (Å²) < 4.78 is 8.27. The van der Waals surface area contributed by atoms with Crippen molar-refractivity contribution in [2.75, 3.05) is 7.11 Å². The van der Waals surface area contributed by atoms with Crippen molar-refractivity contribution in [3.63, 3.8) is 0 Å². The Morgan fingerprint density at radius 3 is 2.65 bits per heavy atom.